The van der Waals surface area contributed by atoms with E-state index in [1.54, 1.807) is 165 Å². The van der Waals surface area contributed by atoms with E-state index in [2.05, 4.69) is 113 Å². The lowest BCUT2D eigenvalue weighted by Crippen LogP contribution is -2.24. The van der Waals surface area contributed by atoms with Gasteiger partial charge in [-0.3, -0.25) is 0 Å². The van der Waals surface area contributed by atoms with Crippen LogP contribution in [0.2, 0.25) is 0 Å². The molecule has 16 rings (SSSR count). The van der Waals surface area contributed by atoms with Crippen LogP contribution in [0.25, 0.3) is 22.1 Å². The predicted octanol–water partition coefficient (Wildman–Crippen LogP) is 19.8. The smallest absolute Gasteiger partial charge is 0.341 e. The molecule has 14 aromatic carbocycles. The van der Waals surface area contributed by atoms with Crippen LogP contribution in [0.1, 0.15) is 38.9 Å². The Morgan fingerprint density at radius 1 is 0.304 bits per heavy atom. The van der Waals surface area contributed by atoms with Crippen molar-refractivity contribution in [3.63, 3.8) is 0 Å². The molecule has 0 saturated carbocycles. The standard InChI is InChI=1S/2C20H17N3O2.C17H17N3O4.C15H13N5O2S.C14H11N5O2S.C14H13N3O2/c2*24-20(22-17-9-3-1-4-10-17)23-21-15-16-8-7-13-19(14-16)25-18-11-5-2-6-12-18;1-12-2-6-14(7-3-12)19-17(23)20-18-10-13-4-8-15(9-5-13)24-11-16(21)22;1-22-11-7-5-10(6-8-11)9-16-18-15(21)17-12-3-2-4-13-14(12)20-23-19-13;20-12-7-2-1-4-9(12)8-15-17-14(21)16-10-5-3-6-11-13(10)19-22-18-11;18-13-9-5-4-6-11(13)10-15-17-14(19)16-12-7-2-1-3-8-12/h2*1-15H,(H2,22,23,24);2-10H,11H2,1H3,(H,21,22)(H2,19,20,23);2-9H,1H3,(H2,17,18,21);1-8,20H,(H2,16,17,21);1-10,18H,(H2,16,17,19)/b2*21-15+;18-10+;16-9+;15-8+;15-10+. The second-order valence-electron chi connectivity index (χ2n) is 27.9. The number of carboxylic acid groups (broad SMARTS) is 1. The van der Waals surface area contributed by atoms with Crippen molar-refractivity contribution in [2.45, 2.75) is 6.92 Å². The molecule has 138 heavy (non-hydrogen) atoms. The molecular weight excluding hydrogens is 1800 g/mol. The van der Waals surface area contributed by atoms with Gasteiger partial charge in [-0.15, -0.1) is 0 Å². The highest BCUT2D eigenvalue weighted by Gasteiger charge is 2.12. The summed E-state index contributed by atoms with van der Waals surface area (Å²) >= 11 is 2.18. The van der Waals surface area contributed by atoms with E-state index in [9.17, 15) is 43.8 Å². The van der Waals surface area contributed by atoms with Gasteiger partial charge in [-0.05, 0) is 223 Å². The second kappa shape index (κ2) is 55.0. The van der Waals surface area contributed by atoms with Gasteiger partial charge in [0.25, 0.3) is 0 Å². The molecule has 38 heteroatoms. The van der Waals surface area contributed by atoms with Crippen molar-refractivity contribution in [3.05, 3.63) is 397 Å². The first-order valence-corrected chi connectivity index (χ1v) is 42.9. The summed E-state index contributed by atoms with van der Waals surface area (Å²) in [4.78, 5) is 80.7. The Bertz CT molecular complexity index is 6650. The highest BCUT2D eigenvalue weighted by atomic mass is 32.1. The van der Waals surface area contributed by atoms with E-state index in [0.29, 0.717) is 73.5 Å². The highest BCUT2D eigenvalue weighted by Crippen LogP contribution is 2.27. The Hall–Kier alpha value is -19.4. The number of phenols is 2. The van der Waals surface area contributed by atoms with Crippen LogP contribution < -0.4 is 83.4 Å². The van der Waals surface area contributed by atoms with E-state index in [-0.39, 0.29) is 11.5 Å². The first-order valence-electron chi connectivity index (χ1n) is 41.4. The highest BCUT2D eigenvalue weighted by molar-refractivity contribution is 7.00. The number of nitrogens with zero attached hydrogens (tertiary/aromatic N) is 10. The van der Waals surface area contributed by atoms with E-state index in [0.717, 1.165) is 79.6 Å². The number of hydrogen-bond acceptors (Lipinski definition) is 25. The van der Waals surface area contributed by atoms with Crippen LogP contribution >= 0.6 is 23.5 Å². The molecule has 0 aliphatic heterocycles. The van der Waals surface area contributed by atoms with Gasteiger partial charge in [-0.1, -0.05) is 169 Å². The molecule has 0 aliphatic carbocycles. The number of para-hydroxylation sites is 7. The van der Waals surface area contributed by atoms with E-state index >= 15 is 0 Å². The number of aromatic hydroxyl groups is 2. The first kappa shape index (κ1) is 99.2. The molecule has 15 N–H and O–H groups in total. The molecule has 36 nitrogen and oxygen atoms in total. The number of methoxy groups -OCH3 is 1. The molecule has 12 amide bonds. The third kappa shape index (κ3) is 36.2. The number of phenolic OH excluding ortho intramolecular Hbond substituents is 2. The van der Waals surface area contributed by atoms with Crippen LogP contribution in [0, 0.1) is 6.92 Å². The summed E-state index contributed by atoms with van der Waals surface area (Å²) in [6.07, 6.45) is 8.87. The van der Waals surface area contributed by atoms with Gasteiger partial charge in [0.15, 0.2) is 6.61 Å². The van der Waals surface area contributed by atoms with Crippen LogP contribution in [0.3, 0.4) is 0 Å². The number of anilines is 6. The van der Waals surface area contributed by atoms with Gasteiger partial charge in [-0.25, -0.2) is 66.1 Å². The molecule has 0 atom stereocenters. The fourth-order valence-corrected chi connectivity index (χ4v) is 12.3. The van der Waals surface area contributed by atoms with Gasteiger partial charge < -0.3 is 66.2 Å². The Labute approximate surface area is 798 Å². The minimum absolute atomic E-state index is 0.0896. The number of aliphatic carboxylic acids is 1. The minimum atomic E-state index is -1.04. The van der Waals surface area contributed by atoms with Gasteiger partial charge in [0.1, 0.15) is 68.1 Å². The van der Waals surface area contributed by atoms with Crippen LogP contribution in [0.5, 0.6) is 46.0 Å². The number of carboxylic acids is 1. The number of nitrogens with one attached hydrogen (secondary N) is 12. The van der Waals surface area contributed by atoms with Crippen LogP contribution in [0.15, 0.2) is 389 Å². The Kier molecular flexibility index (Phi) is 39.5. The lowest BCUT2D eigenvalue weighted by atomic mass is 10.2. The van der Waals surface area contributed by atoms with Gasteiger partial charge in [0.05, 0.1) is 79.2 Å². The Balaban J connectivity index is 0.000000159. The number of aryl methyl sites for hydroxylation is 1. The van der Waals surface area contributed by atoms with Gasteiger partial charge in [0.2, 0.25) is 0 Å². The molecule has 0 aliphatic rings. The monoisotopic (exact) mass is 1880 g/mol. The molecule has 0 bridgehead atoms. The molecule has 2 aromatic heterocycles. The van der Waals surface area contributed by atoms with Crippen molar-refractivity contribution in [1.29, 1.82) is 0 Å². The average Bonchev–Trinajstić information content (AvgIpc) is 1.69. The first-order chi connectivity index (χ1) is 67.4. The van der Waals surface area contributed by atoms with Crippen molar-refractivity contribution in [1.82, 2.24) is 50.0 Å². The molecule has 0 fully saturated rings. The summed E-state index contributed by atoms with van der Waals surface area (Å²) in [6, 6.07) is 104. The number of hydrogen-bond donors (Lipinski definition) is 15. The maximum absolute atomic E-state index is 11.9. The van der Waals surface area contributed by atoms with E-state index < -0.39 is 48.8 Å². The van der Waals surface area contributed by atoms with Gasteiger partial charge in [-0.2, -0.15) is 48.1 Å². The number of aromatic nitrogens is 4. The third-order valence-corrected chi connectivity index (χ3v) is 18.7. The maximum atomic E-state index is 11.9. The fourth-order valence-electron chi connectivity index (χ4n) is 11.2. The number of carbonyl (C=O) groups excluding carboxylic acids is 6. The van der Waals surface area contributed by atoms with Gasteiger partial charge in [0, 0.05) is 33.9 Å². The quantitative estimate of drug-likeness (QED) is 0.0177. The lowest BCUT2D eigenvalue weighted by Gasteiger charge is -2.06. The number of urea groups is 6. The number of hydrazone groups is 6. The summed E-state index contributed by atoms with van der Waals surface area (Å²) in [7, 11) is 1.60. The number of benzene rings is 14. The van der Waals surface area contributed by atoms with Crippen molar-refractivity contribution in [2.24, 2.45) is 30.6 Å². The Morgan fingerprint density at radius 3 is 0.978 bits per heavy atom. The topological polar surface area (TPSA) is 487 Å². The summed E-state index contributed by atoms with van der Waals surface area (Å²) in [5, 5.41) is 66.7. The van der Waals surface area contributed by atoms with Crippen molar-refractivity contribution in [3.8, 4) is 46.0 Å². The van der Waals surface area contributed by atoms with Crippen molar-refractivity contribution in [2.75, 3.05) is 45.6 Å². The molecule has 2 heterocycles. The predicted molar refractivity (Wildman–Crippen MR) is 539 cm³/mol. The number of ether oxygens (including phenoxy) is 4. The molecule has 0 saturated heterocycles. The summed E-state index contributed by atoms with van der Waals surface area (Å²) < 4.78 is 38.1. The van der Waals surface area contributed by atoms with Crippen LogP contribution in [0.4, 0.5) is 62.9 Å². The van der Waals surface area contributed by atoms with E-state index in [1.807, 2.05) is 219 Å². The van der Waals surface area contributed by atoms with Crippen molar-refractivity contribution >= 4 is 159 Å². The largest absolute Gasteiger partial charge is 0.507 e. The molecule has 694 valence electrons. The summed E-state index contributed by atoms with van der Waals surface area (Å²) in [6.45, 7) is 1.57. The molecule has 0 unspecified atom stereocenters. The van der Waals surface area contributed by atoms with Gasteiger partial charge >= 0.3 is 42.2 Å². The second-order valence-corrected chi connectivity index (χ2v) is 29.0. The molecule has 0 radical (unpaired) electrons. The normalized spacial score (nSPS) is 10.5. The summed E-state index contributed by atoms with van der Waals surface area (Å²) in [5.74, 6) is 3.28. The van der Waals surface area contributed by atoms with E-state index in [1.165, 1.54) is 24.7 Å². The zero-order chi connectivity index (χ0) is 96.9. The van der Waals surface area contributed by atoms with E-state index in [4.69, 9.17) is 24.1 Å². The number of fused-ring (bicyclic) bond motifs is 2. The summed E-state index contributed by atoms with van der Waals surface area (Å²) in [5.41, 5.74) is 26.3. The number of carbonyl (C=O) groups is 7. The number of rotatable bonds is 26. The lowest BCUT2D eigenvalue weighted by molar-refractivity contribution is -0.139. The molecule has 0 spiro atoms. The maximum Gasteiger partial charge on any atom is 0.341 e. The fraction of sp³-hybridized carbons (Fsp3) is 0.0300. The molecule has 16 aromatic rings. The van der Waals surface area contributed by atoms with Crippen LogP contribution in [-0.4, -0.2) is 126 Å². The average molecular weight is 1890 g/mol. The van der Waals surface area contributed by atoms with Crippen LogP contribution in [-0.2, 0) is 4.79 Å². The molecular formula is C100H88N22O14S2. The zero-order valence-corrected chi connectivity index (χ0v) is 75.0. The van der Waals surface area contributed by atoms with Crippen molar-refractivity contribution < 1.29 is 67.8 Å². The Morgan fingerprint density at radius 2 is 0.616 bits per heavy atom. The zero-order valence-electron chi connectivity index (χ0n) is 73.4. The third-order valence-electron chi connectivity index (χ3n) is 17.6. The SMILES string of the molecule is COc1ccc(/C=N/NC(=O)Nc2cccc3nsnc23)cc1.Cc1ccc(NC(=O)N/N=C/c2ccc(OCC(=O)O)cc2)cc1.O=C(N/N=C/c1cccc(Oc2ccccc2)c1)Nc1ccccc1.O=C(N/N=C/c1cccc(Oc2ccccc2)c1)Nc1ccccc1.O=C(N/N=C/c1ccccc1O)Nc1cccc2nsnc12.O=C(N/N=C/c1ccccc1O)Nc1ccccc1. The minimum Gasteiger partial charge on any atom is -0.507 e. The number of amides is 12.